The fourth-order valence-electron chi connectivity index (χ4n) is 2.28. The average molecular weight is 353 g/mol. The number of ether oxygens (including phenoxy) is 2. The maximum Gasteiger partial charge on any atom is 0.573 e. The third-order valence-corrected chi connectivity index (χ3v) is 3.24. The normalized spacial score (nSPS) is 11.1. The number of rotatable bonds is 6. The fourth-order valence-corrected chi connectivity index (χ4v) is 2.28. The summed E-state index contributed by atoms with van der Waals surface area (Å²) in [5.41, 5.74) is 2.24. The van der Waals surface area contributed by atoms with Gasteiger partial charge in [0.1, 0.15) is 11.5 Å². The van der Waals surface area contributed by atoms with Crippen molar-refractivity contribution in [2.45, 2.75) is 26.8 Å². The summed E-state index contributed by atoms with van der Waals surface area (Å²) in [6.45, 7) is 3.50. The summed E-state index contributed by atoms with van der Waals surface area (Å²) in [5.74, 6) is -0.222. The van der Waals surface area contributed by atoms with Crippen LogP contribution in [0.4, 0.5) is 13.2 Å². The number of nitrogens with one attached hydrogen (secondary N) is 1. The van der Waals surface area contributed by atoms with Crippen LogP contribution >= 0.6 is 0 Å². The van der Waals surface area contributed by atoms with Gasteiger partial charge in [0.2, 0.25) is 0 Å². The Hall–Kier alpha value is -2.70. The maximum atomic E-state index is 12.4. The molecule has 0 aliphatic heterocycles. The van der Waals surface area contributed by atoms with Crippen LogP contribution in [0.15, 0.2) is 42.5 Å². The number of aryl methyl sites for hydroxylation is 2. The first kappa shape index (κ1) is 18.6. The van der Waals surface area contributed by atoms with Gasteiger partial charge in [0.15, 0.2) is 6.61 Å². The van der Waals surface area contributed by atoms with E-state index in [0.717, 1.165) is 11.1 Å². The van der Waals surface area contributed by atoms with Gasteiger partial charge >= 0.3 is 6.36 Å². The van der Waals surface area contributed by atoms with Gasteiger partial charge in [-0.25, -0.2) is 0 Å². The molecule has 0 aromatic heterocycles. The van der Waals surface area contributed by atoms with Crippen molar-refractivity contribution in [1.29, 1.82) is 0 Å². The van der Waals surface area contributed by atoms with E-state index in [0.29, 0.717) is 5.75 Å². The molecule has 0 heterocycles. The van der Waals surface area contributed by atoms with Crippen LogP contribution in [0, 0.1) is 13.8 Å². The van der Waals surface area contributed by atoms with E-state index in [1.54, 1.807) is 18.2 Å². The molecule has 1 amide bonds. The SMILES string of the molecule is Cc1cc(C)cc(OCC(=O)NCc2ccccc2OC(F)(F)F)c1. The maximum absolute atomic E-state index is 12.4. The van der Waals surface area contributed by atoms with Crippen molar-refractivity contribution in [2.75, 3.05) is 6.61 Å². The van der Waals surface area contributed by atoms with Gasteiger partial charge in [-0.3, -0.25) is 4.79 Å². The number of para-hydroxylation sites is 1. The van der Waals surface area contributed by atoms with Crippen molar-refractivity contribution >= 4 is 5.91 Å². The molecule has 134 valence electrons. The van der Waals surface area contributed by atoms with E-state index in [2.05, 4.69) is 10.1 Å². The number of halogens is 3. The second-order valence-corrected chi connectivity index (χ2v) is 5.54. The van der Waals surface area contributed by atoms with E-state index >= 15 is 0 Å². The molecule has 7 heteroatoms. The van der Waals surface area contributed by atoms with E-state index < -0.39 is 12.3 Å². The molecule has 0 saturated heterocycles. The van der Waals surface area contributed by atoms with Crippen molar-refractivity contribution < 1.29 is 27.4 Å². The van der Waals surface area contributed by atoms with Gasteiger partial charge < -0.3 is 14.8 Å². The Bertz CT molecular complexity index is 724. The van der Waals surface area contributed by atoms with Crippen molar-refractivity contribution in [1.82, 2.24) is 5.32 Å². The van der Waals surface area contributed by atoms with Crippen molar-refractivity contribution in [3.63, 3.8) is 0 Å². The van der Waals surface area contributed by atoms with Gasteiger partial charge in [-0.1, -0.05) is 24.3 Å². The zero-order valence-electron chi connectivity index (χ0n) is 13.8. The van der Waals surface area contributed by atoms with Gasteiger partial charge in [0.25, 0.3) is 5.91 Å². The number of carbonyl (C=O) groups excluding carboxylic acids is 1. The predicted molar refractivity (Wildman–Crippen MR) is 86.4 cm³/mol. The number of amides is 1. The average Bonchev–Trinajstić information content (AvgIpc) is 2.49. The van der Waals surface area contributed by atoms with Gasteiger partial charge in [-0.05, 0) is 43.2 Å². The van der Waals surface area contributed by atoms with Crippen LogP contribution in [0.2, 0.25) is 0 Å². The molecule has 0 unspecified atom stereocenters. The van der Waals surface area contributed by atoms with Crippen molar-refractivity contribution in [3.8, 4) is 11.5 Å². The monoisotopic (exact) mass is 353 g/mol. The minimum absolute atomic E-state index is 0.0959. The summed E-state index contributed by atoms with van der Waals surface area (Å²) in [6, 6.07) is 11.2. The van der Waals surface area contributed by atoms with E-state index in [1.807, 2.05) is 19.9 Å². The van der Waals surface area contributed by atoms with E-state index in [-0.39, 0.29) is 24.5 Å². The number of hydrogen-bond donors (Lipinski definition) is 1. The second kappa shape index (κ2) is 7.92. The van der Waals surface area contributed by atoms with Crippen LogP contribution in [0.5, 0.6) is 11.5 Å². The highest BCUT2D eigenvalue weighted by molar-refractivity contribution is 5.77. The highest BCUT2D eigenvalue weighted by Gasteiger charge is 2.31. The molecule has 2 aromatic carbocycles. The Morgan fingerprint density at radius 1 is 1.08 bits per heavy atom. The first-order chi connectivity index (χ1) is 11.7. The molecule has 0 aliphatic rings. The van der Waals surface area contributed by atoms with Crippen molar-refractivity contribution in [3.05, 3.63) is 59.2 Å². The smallest absolute Gasteiger partial charge is 0.484 e. The van der Waals surface area contributed by atoms with Gasteiger partial charge in [0, 0.05) is 12.1 Å². The molecule has 0 aliphatic carbocycles. The second-order valence-electron chi connectivity index (χ2n) is 5.54. The Balaban J connectivity index is 1.90. The lowest BCUT2D eigenvalue weighted by atomic mass is 10.1. The first-order valence-electron chi connectivity index (χ1n) is 7.54. The lowest BCUT2D eigenvalue weighted by Gasteiger charge is -2.14. The Labute approximate surface area is 143 Å². The van der Waals surface area contributed by atoms with Crippen LogP contribution in [0.25, 0.3) is 0 Å². The minimum atomic E-state index is -4.79. The highest BCUT2D eigenvalue weighted by atomic mass is 19.4. The summed E-state index contributed by atoms with van der Waals surface area (Å²) in [7, 11) is 0. The number of alkyl halides is 3. The topological polar surface area (TPSA) is 47.6 Å². The third kappa shape index (κ3) is 6.37. The van der Waals surface area contributed by atoms with Gasteiger partial charge in [0.05, 0.1) is 0 Å². The molecule has 25 heavy (non-hydrogen) atoms. The summed E-state index contributed by atoms with van der Waals surface area (Å²) in [6.07, 6.45) is -4.79. The molecule has 0 bridgehead atoms. The lowest BCUT2D eigenvalue weighted by molar-refractivity contribution is -0.274. The van der Waals surface area contributed by atoms with Crippen molar-refractivity contribution in [2.24, 2.45) is 0 Å². The zero-order valence-corrected chi connectivity index (χ0v) is 13.8. The Morgan fingerprint density at radius 2 is 1.72 bits per heavy atom. The molecule has 0 radical (unpaired) electrons. The van der Waals surface area contributed by atoms with Crippen LogP contribution in [-0.4, -0.2) is 18.9 Å². The lowest BCUT2D eigenvalue weighted by Crippen LogP contribution is -2.29. The molecule has 0 spiro atoms. The van der Waals surface area contributed by atoms with Crippen LogP contribution in [0.3, 0.4) is 0 Å². The molecular weight excluding hydrogens is 335 g/mol. The summed E-state index contributed by atoms with van der Waals surface area (Å²) >= 11 is 0. The van der Waals surface area contributed by atoms with Crippen LogP contribution in [0.1, 0.15) is 16.7 Å². The third-order valence-electron chi connectivity index (χ3n) is 3.24. The Kier molecular flexibility index (Phi) is 5.90. The van der Waals surface area contributed by atoms with E-state index in [1.165, 1.54) is 18.2 Å². The molecule has 0 atom stereocenters. The van der Waals surface area contributed by atoms with Gasteiger partial charge in [-0.15, -0.1) is 13.2 Å². The molecule has 2 aromatic rings. The molecule has 0 fully saturated rings. The first-order valence-corrected chi connectivity index (χ1v) is 7.54. The number of benzene rings is 2. The highest BCUT2D eigenvalue weighted by Crippen LogP contribution is 2.26. The Morgan fingerprint density at radius 3 is 2.36 bits per heavy atom. The number of carbonyl (C=O) groups is 1. The summed E-state index contributed by atoms with van der Waals surface area (Å²) in [4.78, 5) is 11.9. The van der Waals surface area contributed by atoms with Crippen LogP contribution < -0.4 is 14.8 Å². The zero-order chi connectivity index (χ0) is 18.4. The molecule has 4 nitrogen and oxygen atoms in total. The fraction of sp³-hybridized carbons (Fsp3) is 0.278. The molecular formula is C18H18F3NO3. The van der Waals surface area contributed by atoms with E-state index in [9.17, 15) is 18.0 Å². The quantitative estimate of drug-likeness (QED) is 0.857. The molecule has 2 rings (SSSR count). The number of hydrogen-bond acceptors (Lipinski definition) is 3. The molecule has 0 saturated carbocycles. The largest absolute Gasteiger partial charge is 0.573 e. The molecule has 1 N–H and O–H groups in total. The summed E-state index contributed by atoms with van der Waals surface area (Å²) in [5, 5.41) is 2.51. The standard InChI is InChI=1S/C18H18F3NO3/c1-12-7-13(2)9-15(8-12)24-11-17(23)22-10-14-5-3-4-6-16(14)25-18(19,20)21/h3-9H,10-11H2,1-2H3,(H,22,23). The van der Waals surface area contributed by atoms with Crippen LogP contribution in [-0.2, 0) is 11.3 Å². The predicted octanol–water partition coefficient (Wildman–Crippen LogP) is 3.90. The minimum Gasteiger partial charge on any atom is -0.484 e. The van der Waals surface area contributed by atoms with Gasteiger partial charge in [-0.2, -0.15) is 0 Å². The van der Waals surface area contributed by atoms with E-state index in [4.69, 9.17) is 4.74 Å². The summed E-state index contributed by atoms with van der Waals surface area (Å²) < 4.78 is 46.4.